The second-order valence-electron chi connectivity index (χ2n) is 37.6. The molecule has 146 heavy (non-hydrogen) atoms. The van der Waals surface area contributed by atoms with Gasteiger partial charge in [-0.05, 0) is 262 Å². The topological polar surface area (TPSA) is 332 Å². The van der Waals surface area contributed by atoms with Gasteiger partial charge in [-0.25, -0.2) is 24.8 Å². The van der Waals surface area contributed by atoms with Crippen LogP contribution in [0.1, 0.15) is 142 Å². The van der Waals surface area contributed by atoms with E-state index in [-0.39, 0.29) is 69.5 Å². The molecule has 2 saturated heterocycles. The van der Waals surface area contributed by atoms with Crippen molar-refractivity contribution in [1.29, 1.82) is 0 Å². The average Bonchev–Trinajstić information content (AvgIpc) is 1.56. The number of alkyl halides is 8. The number of nitrogens with zero attached hydrogens (tertiary/aromatic N) is 10. The molecule has 7 aliphatic heterocycles. The monoisotopic (exact) mass is 2320 g/mol. The Morgan fingerprint density at radius 3 is 1.14 bits per heavy atom. The van der Waals surface area contributed by atoms with Gasteiger partial charge < -0.3 is 67.5 Å². The van der Waals surface area contributed by atoms with E-state index in [0.717, 1.165) is 136 Å². The number of halogens is 15. The molecule has 2 aromatic heterocycles. The highest BCUT2D eigenvalue weighted by molar-refractivity contribution is 9.11. The lowest BCUT2D eigenvalue weighted by atomic mass is 9.67. The number of aromatic nitrogens is 2. The van der Waals surface area contributed by atoms with Gasteiger partial charge in [-0.3, -0.25) is 30.0 Å². The normalized spacial score (nSPS) is 21.3. The molecule has 3 spiro atoms. The van der Waals surface area contributed by atoms with Gasteiger partial charge in [-0.15, -0.1) is 24.8 Å². The molecule has 0 bridgehead atoms. The molecule has 0 radical (unpaired) electrons. The molecule has 4 unspecified atom stereocenters. The van der Waals surface area contributed by atoms with E-state index in [9.17, 15) is 43.9 Å². The fraction of sp³-hybridized carbons (Fsp3) is 0.353. The Balaban J connectivity index is 0.000000151. The van der Waals surface area contributed by atoms with Crippen molar-refractivity contribution >= 4 is 177 Å². The average molecular weight is 2320 g/mol. The van der Waals surface area contributed by atoms with Gasteiger partial charge >= 0.3 is 33.6 Å². The van der Waals surface area contributed by atoms with Crippen LogP contribution >= 0.6 is 121 Å². The fourth-order valence-corrected chi connectivity index (χ4v) is 22.7. The van der Waals surface area contributed by atoms with Gasteiger partial charge in [0.2, 0.25) is 11.9 Å². The van der Waals surface area contributed by atoms with E-state index in [2.05, 4.69) is 97.1 Å². The van der Waals surface area contributed by atoms with Crippen LogP contribution in [0.3, 0.4) is 0 Å². The van der Waals surface area contributed by atoms with E-state index >= 15 is 0 Å². The van der Waals surface area contributed by atoms with E-state index in [4.69, 9.17) is 99.9 Å². The van der Waals surface area contributed by atoms with E-state index < -0.39 is 73.2 Å². The first-order valence-electron chi connectivity index (χ1n) is 46.2. The fourth-order valence-electron chi connectivity index (χ4n) is 19.3. The molecule has 6 fully saturated rings. The first-order valence-corrected chi connectivity index (χ1v) is 50.6. The van der Waals surface area contributed by atoms with Crippen LogP contribution in [0.25, 0.3) is 11.1 Å². The summed E-state index contributed by atoms with van der Waals surface area (Å²) in [6.45, 7) is -0.0226. The van der Waals surface area contributed by atoms with Crippen LogP contribution in [0, 0.1) is 33.6 Å². The molecule has 4 aliphatic carbocycles. The summed E-state index contributed by atoms with van der Waals surface area (Å²) in [6, 6.07) is 63.2. The number of nitrogens with two attached hydrogens (primary N) is 4. The molecule has 4 saturated carbocycles. The zero-order valence-electron chi connectivity index (χ0n) is 79.0. The van der Waals surface area contributed by atoms with E-state index in [1.165, 1.54) is 124 Å². The minimum atomic E-state index is -2.92. The van der Waals surface area contributed by atoms with Crippen molar-refractivity contribution in [3.8, 4) is 34.1 Å². The highest BCUT2D eigenvalue weighted by atomic mass is 79.9. The van der Waals surface area contributed by atoms with E-state index in [1.54, 1.807) is 93.6 Å². The summed E-state index contributed by atoms with van der Waals surface area (Å²) in [5.41, 5.74) is 28.3. The van der Waals surface area contributed by atoms with Crippen molar-refractivity contribution in [2.45, 2.75) is 152 Å². The molecule has 4 atom stereocenters. The summed E-state index contributed by atoms with van der Waals surface area (Å²) in [4.78, 5) is 42.1. The van der Waals surface area contributed by atoms with Crippen molar-refractivity contribution in [3.05, 3.63) is 301 Å². The molecular formula is C102H106BBr3Cl2F10N16O8S4. The number of rotatable bonds is 20. The maximum Gasteiger partial charge on any atom is 0.493 e. The van der Waals surface area contributed by atoms with E-state index in [1.807, 2.05) is 107 Å². The summed E-state index contributed by atoms with van der Waals surface area (Å²) in [6.07, 6.45) is 16.9. The molecule has 774 valence electrons. The van der Waals surface area contributed by atoms with Gasteiger partial charge in [0, 0.05) is 92.4 Å². The number of hydrogen-bond acceptors (Lipinski definition) is 25. The standard InChI is InChI=1S/C27H24F3N5O.C22H21BrF2N4O.C22H20BrF2N3OS.C16H10BrF2NOS3.C6H14N2.C5H5BFNO2.C4H10O2.2ClH/c28-22-21(6-2-13-32-22)17-4-1-5-19(14-17)27(18-7-9-20(10-8-18)36-24(29)30)23-33-15-26(11-3-12-26)16-35(23)25(31)34-27;23-16-4-1-3-15(11-16)22(14-5-7-17(8-6-14)30-19(24)25)18-27-12-21(9-2-10-21)13-29(18)20(26)28-22;23-16-4-1-3-15(11-16)22(14-5-7-17(8-6-14)29-19(24)25)18-26-12-21(9-2-10-21)13-28(18)20(30)27-22;17-11-3-1-2-10(8-11)16(13(22)24-15(23)20-16)9-4-6-12(7-5-9)21-14(18)19;7-4-6(5-8)2-1-3-6;7-5-4(6(9)10)2-1-3-8-5;1-4(2,3)6-5;;/h1-2,4-10,13-14,24H,3,11-12,15-16H2,(H2,31,34);1,3-8,11,19H,2,9-10,12-13H2,(H2,26,28);1,3-8,11,19H,2,9-10,12-13H2,(H,27,30);1-8,14H,(H,20,23);1-5,7-8H2;1-3,9-10H;5H,1-3H3;2*1H. The highest BCUT2D eigenvalue weighted by Crippen LogP contribution is 2.54. The van der Waals surface area contributed by atoms with Crippen LogP contribution in [0.5, 0.6) is 23.0 Å². The number of amidine groups is 3. The molecule has 11 aliphatic rings. The lowest BCUT2D eigenvalue weighted by Crippen LogP contribution is -2.55. The molecular weight excluding hydrogens is 2220 g/mol. The summed E-state index contributed by atoms with van der Waals surface area (Å²) in [5, 5.41) is 32.3. The van der Waals surface area contributed by atoms with Gasteiger partial charge in [0.15, 0.2) is 28.1 Å². The smallest absolute Gasteiger partial charge is 0.435 e. The van der Waals surface area contributed by atoms with Crippen LogP contribution in [-0.4, -0.2) is 175 Å². The molecule has 24 nitrogen and oxygen atoms in total. The highest BCUT2D eigenvalue weighted by Gasteiger charge is 2.59. The maximum absolute atomic E-state index is 14.5. The van der Waals surface area contributed by atoms with Crippen molar-refractivity contribution < 1.29 is 83.0 Å². The number of hydrogen-bond donors (Lipinski definition) is 9. The Kier molecular flexibility index (Phi) is 37.1. The number of guanidine groups is 2. The van der Waals surface area contributed by atoms with Gasteiger partial charge in [-0.1, -0.05) is 219 Å². The van der Waals surface area contributed by atoms with Crippen molar-refractivity contribution in [2.24, 2.45) is 69.6 Å². The molecule has 10 aromatic rings. The molecule has 13 N–H and O–H groups in total. The van der Waals surface area contributed by atoms with Gasteiger partial charge in [0.1, 0.15) is 55.9 Å². The number of aliphatic imine (C=N–C) groups is 5. The molecule has 21 rings (SSSR count). The lowest BCUT2D eigenvalue weighted by molar-refractivity contribution is -0.306. The number of pyridine rings is 2. The van der Waals surface area contributed by atoms with Crippen molar-refractivity contribution in [1.82, 2.24) is 35.3 Å². The Labute approximate surface area is 896 Å². The van der Waals surface area contributed by atoms with Crippen molar-refractivity contribution in [3.63, 3.8) is 0 Å². The molecule has 44 heteroatoms. The Hall–Kier alpha value is -10.0. The lowest BCUT2D eigenvalue weighted by Gasteiger charge is -2.47. The minimum absolute atomic E-state index is 0. The Bertz CT molecular complexity index is 6430. The third-order valence-electron chi connectivity index (χ3n) is 27.4. The predicted molar refractivity (Wildman–Crippen MR) is 575 cm³/mol. The van der Waals surface area contributed by atoms with Gasteiger partial charge in [0.25, 0.3) is 0 Å². The van der Waals surface area contributed by atoms with Gasteiger partial charge in [0.05, 0.1) is 9.80 Å². The van der Waals surface area contributed by atoms with Crippen LogP contribution in [-0.2, 0) is 27.0 Å². The minimum Gasteiger partial charge on any atom is -0.435 e. The van der Waals surface area contributed by atoms with Crippen LogP contribution in [0.2, 0.25) is 0 Å². The number of nitrogens with one attached hydrogen (secondary N) is 2. The first kappa shape index (κ1) is 113. The molecule has 9 heterocycles. The van der Waals surface area contributed by atoms with Crippen molar-refractivity contribution in [2.75, 3.05) is 52.4 Å². The zero-order chi connectivity index (χ0) is 103. The van der Waals surface area contributed by atoms with Crippen LogP contribution in [0.15, 0.2) is 269 Å². The SMILES string of the molecule is CC(C)(C)OO.Cl.Cl.FC(F)Oc1ccc(C2(c3cccc(Br)c3)NC(=S)N3CC4(CCC4)CN=C32)cc1.FC(F)Oc1ccc(C2(c3cccc(Br)c3)NC(=S)SC2=S)cc1.NC1=NC(c2ccc(OC(F)F)cc2)(c2cccc(-c3cccnc3F)c2)C2=NCC3(CCC3)CN12.NC1=NC(c2ccc(OC(F)F)cc2)(c2cccc(Br)c2)C2=NCC3(CCC3)CN12.NCC1(CN)CCC1.OB(O)c1cccnc1F. The Morgan fingerprint density at radius 2 is 0.801 bits per heavy atom. The Morgan fingerprint density at radius 1 is 0.445 bits per heavy atom. The quantitative estimate of drug-likeness (QED) is 0.00855. The van der Waals surface area contributed by atoms with Gasteiger partial charge in [-0.2, -0.15) is 43.9 Å². The number of thiocarbonyl (C=S) groups is 3. The van der Waals surface area contributed by atoms with E-state index in [0.29, 0.717) is 60.0 Å². The summed E-state index contributed by atoms with van der Waals surface area (Å²) in [5.74, 6) is 2.07. The third kappa shape index (κ3) is 24.7. The maximum atomic E-state index is 14.5. The second kappa shape index (κ2) is 47.9. The van der Waals surface area contributed by atoms with Crippen LogP contribution < -0.4 is 58.0 Å². The predicted octanol–water partition coefficient (Wildman–Crippen LogP) is 20.9. The number of ether oxygens (including phenoxy) is 4. The number of fused-ring (bicyclic) bond motifs is 3. The summed E-state index contributed by atoms with van der Waals surface area (Å²) >= 11 is 28.5. The van der Waals surface area contributed by atoms with Crippen LogP contribution in [0.4, 0.5) is 43.9 Å². The third-order valence-corrected chi connectivity index (χ3v) is 30.8. The summed E-state index contributed by atoms with van der Waals surface area (Å²) < 4.78 is 150. The second-order valence-corrected chi connectivity index (χ2v) is 43.1. The largest absolute Gasteiger partial charge is 0.493 e. The molecule has 8 aromatic carbocycles. The first-order chi connectivity index (χ1) is 68.8. The number of thioether (sulfide) groups is 1. The summed E-state index contributed by atoms with van der Waals surface area (Å²) in [7, 11) is -1.78. The molecule has 0 amide bonds. The number of benzene rings is 8. The zero-order valence-corrected chi connectivity index (χ0v) is 88.7.